The van der Waals surface area contributed by atoms with E-state index < -0.39 is 0 Å². The van der Waals surface area contributed by atoms with E-state index in [0.717, 1.165) is 5.82 Å². The number of carbonyl (C=O) groups excluding carboxylic acids is 1. The standard InChI is InChI=1S/C10H18N6OS/c1-12-9(17)4-5-16(2)8-6-7(15-11)13-10(14-8)18-3/h6H,4-5,11H2,1-3H3,(H,12,17)(H,13,14,15). The topological polar surface area (TPSA) is 96.2 Å². The molecule has 0 aliphatic rings. The molecule has 0 radical (unpaired) electrons. The third-order valence-electron chi connectivity index (χ3n) is 2.37. The molecule has 0 bridgehead atoms. The molecule has 1 amide bonds. The van der Waals surface area contributed by atoms with Crippen LogP contribution < -0.4 is 21.5 Å². The molecule has 8 heteroatoms. The number of nitrogens with two attached hydrogens (primary N) is 1. The maximum Gasteiger partial charge on any atom is 0.221 e. The number of thioether (sulfide) groups is 1. The maximum atomic E-state index is 11.2. The van der Waals surface area contributed by atoms with Crippen molar-refractivity contribution in [3.8, 4) is 0 Å². The van der Waals surface area contributed by atoms with Crippen LogP contribution in [0.1, 0.15) is 6.42 Å². The maximum absolute atomic E-state index is 11.2. The fourth-order valence-corrected chi connectivity index (χ4v) is 1.66. The first kappa shape index (κ1) is 14.5. The van der Waals surface area contributed by atoms with Crippen LogP contribution in [0.5, 0.6) is 0 Å². The Morgan fingerprint density at radius 1 is 1.56 bits per heavy atom. The number of hydrogen-bond donors (Lipinski definition) is 3. The minimum absolute atomic E-state index is 0.00169. The summed E-state index contributed by atoms with van der Waals surface area (Å²) < 4.78 is 0. The highest BCUT2D eigenvalue weighted by molar-refractivity contribution is 7.98. The Balaban J connectivity index is 2.77. The van der Waals surface area contributed by atoms with Gasteiger partial charge in [0.25, 0.3) is 0 Å². The quantitative estimate of drug-likeness (QED) is 0.291. The Kier molecular flexibility index (Phi) is 5.66. The van der Waals surface area contributed by atoms with Gasteiger partial charge in [0.05, 0.1) is 0 Å². The van der Waals surface area contributed by atoms with E-state index >= 15 is 0 Å². The van der Waals surface area contributed by atoms with Crippen LogP contribution in [0.15, 0.2) is 11.2 Å². The van der Waals surface area contributed by atoms with E-state index in [9.17, 15) is 4.79 Å². The fraction of sp³-hybridized carbons (Fsp3) is 0.500. The molecule has 1 aromatic rings. The number of nitrogens with zero attached hydrogens (tertiary/aromatic N) is 3. The van der Waals surface area contributed by atoms with Crippen LogP contribution in [0.2, 0.25) is 0 Å². The predicted molar refractivity (Wildman–Crippen MR) is 73.6 cm³/mol. The second-order valence-electron chi connectivity index (χ2n) is 3.59. The van der Waals surface area contributed by atoms with Gasteiger partial charge in [0.2, 0.25) is 5.91 Å². The van der Waals surface area contributed by atoms with Gasteiger partial charge in [0.15, 0.2) is 5.16 Å². The second-order valence-corrected chi connectivity index (χ2v) is 4.36. The number of nitrogen functional groups attached to an aromatic ring is 1. The average molecular weight is 270 g/mol. The van der Waals surface area contributed by atoms with Crippen LogP contribution in [0.3, 0.4) is 0 Å². The molecular formula is C10H18N6OS. The van der Waals surface area contributed by atoms with Crippen molar-refractivity contribution in [2.45, 2.75) is 11.6 Å². The second kappa shape index (κ2) is 7.02. The molecule has 100 valence electrons. The Morgan fingerprint density at radius 2 is 2.28 bits per heavy atom. The molecule has 0 saturated carbocycles. The molecule has 7 nitrogen and oxygen atoms in total. The molecular weight excluding hydrogens is 252 g/mol. The van der Waals surface area contributed by atoms with Gasteiger partial charge in [0.1, 0.15) is 11.6 Å². The molecule has 0 aliphatic heterocycles. The van der Waals surface area contributed by atoms with E-state index in [1.54, 1.807) is 13.1 Å². The van der Waals surface area contributed by atoms with Crippen molar-refractivity contribution in [2.24, 2.45) is 5.84 Å². The van der Waals surface area contributed by atoms with Crippen molar-refractivity contribution in [1.29, 1.82) is 0 Å². The average Bonchev–Trinajstić information content (AvgIpc) is 2.43. The lowest BCUT2D eigenvalue weighted by Crippen LogP contribution is -2.27. The monoisotopic (exact) mass is 270 g/mol. The van der Waals surface area contributed by atoms with Gasteiger partial charge in [-0.25, -0.2) is 15.8 Å². The van der Waals surface area contributed by atoms with Gasteiger partial charge in [-0.1, -0.05) is 11.8 Å². The summed E-state index contributed by atoms with van der Waals surface area (Å²) in [7, 11) is 3.49. The Labute approximate surface area is 111 Å². The van der Waals surface area contributed by atoms with Crippen LogP contribution in [0.25, 0.3) is 0 Å². The highest BCUT2D eigenvalue weighted by Crippen LogP contribution is 2.19. The molecule has 18 heavy (non-hydrogen) atoms. The molecule has 1 heterocycles. The zero-order valence-electron chi connectivity index (χ0n) is 10.7. The first-order valence-electron chi connectivity index (χ1n) is 5.42. The normalized spacial score (nSPS) is 10.0. The van der Waals surface area contributed by atoms with Crippen molar-refractivity contribution < 1.29 is 4.79 Å². The lowest BCUT2D eigenvalue weighted by Gasteiger charge is -2.18. The van der Waals surface area contributed by atoms with Crippen molar-refractivity contribution >= 4 is 29.3 Å². The molecule has 0 spiro atoms. The third-order valence-corrected chi connectivity index (χ3v) is 2.91. The summed E-state index contributed by atoms with van der Waals surface area (Å²) in [6.45, 7) is 0.578. The largest absolute Gasteiger partial charge is 0.359 e. The molecule has 0 fully saturated rings. The minimum Gasteiger partial charge on any atom is -0.359 e. The van der Waals surface area contributed by atoms with Gasteiger partial charge in [0, 0.05) is 33.1 Å². The van der Waals surface area contributed by atoms with E-state index in [0.29, 0.717) is 23.9 Å². The summed E-state index contributed by atoms with van der Waals surface area (Å²) in [5, 5.41) is 3.21. The molecule has 0 unspecified atom stereocenters. The summed E-state index contributed by atoms with van der Waals surface area (Å²) in [6, 6.07) is 1.74. The minimum atomic E-state index is -0.00169. The number of rotatable bonds is 6. The van der Waals surface area contributed by atoms with E-state index in [1.165, 1.54) is 11.8 Å². The van der Waals surface area contributed by atoms with Crippen LogP contribution >= 0.6 is 11.8 Å². The van der Waals surface area contributed by atoms with Crippen LogP contribution in [-0.4, -0.2) is 42.8 Å². The zero-order valence-corrected chi connectivity index (χ0v) is 11.5. The number of aromatic nitrogens is 2. The Bertz CT molecular complexity index is 391. The summed E-state index contributed by atoms with van der Waals surface area (Å²) in [4.78, 5) is 21.6. The van der Waals surface area contributed by atoms with Crippen molar-refractivity contribution in [2.75, 3.05) is 37.2 Å². The van der Waals surface area contributed by atoms with E-state index in [1.807, 2.05) is 18.2 Å². The number of nitrogens with one attached hydrogen (secondary N) is 2. The first-order valence-corrected chi connectivity index (χ1v) is 6.64. The van der Waals surface area contributed by atoms with Gasteiger partial charge in [-0.3, -0.25) is 4.79 Å². The fourth-order valence-electron chi connectivity index (χ4n) is 1.28. The summed E-state index contributed by atoms with van der Waals surface area (Å²) in [6.07, 6.45) is 2.31. The smallest absolute Gasteiger partial charge is 0.221 e. The molecule has 0 saturated heterocycles. The predicted octanol–water partition coefficient (Wildman–Crippen LogP) is 0.0564. The third kappa shape index (κ3) is 4.04. The van der Waals surface area contributed by atoms with Gasteiger partial charge in [-0.05, 0) is 6.26 Å². The molecule has 0 atom stereocenters. The van der Waals surface area contributed by atoms with E-state index in [4.69, 9.17) is 5.84 Å². The van der Waals surface area contributed by atoms with Crippen molar-refractivity contribution in [3.05, 3.63) is 6.07 Å². The number of amides is 1. The van der Waals surface area contributed by atoms with E-state index in [-0.39, 0.29) is 5.91 Å². The summed E-state index contributed by atoms with van der Waals surface area (Å²) in [5.74, 6) is 6.63. The highest BCUT2D eigenvalue weighted by atomic mass is 32.2. The van der Waals surface area contributed by atoms with Crippen molar-refractivity contribution in [1.82, 2.24) is 15.3 Å². The van der Waals surface area contributed by atoms with Gasteiger partial charge < -0.3 is 15.6 Å². The number of anilines is 2. The Morgan fingerprint density at radius 3 is 2.83 bits per heavy atom. The number of carbonyl (C=O) groups is 1. The number of hydrogen-bond acceptors (Lipinski definition) is 7. The van der Waals surface area contributed by atoms with Gasteiger partial charge in [-0.15, -0.1) is 0 Å². The van der Waals surface area contributed by atoms with Crippen molar-refractivity contribution in [3.63, 3.8) is 0 Å². The lowest BCUT2D eigenvalue weighted by molar-refractivity contribution is -0.120. The molecule has 1 rings (SSSR count). The van der Waals surface area contributed by atoms with Gasteiger partial charge >= 0.3 is 0 Å². The lowest BCUT2D eigenvalue weighted by atomic mass is 10.3. The molecule has 1 aromatic heterocycles. The summed E-state index contributed by atoms with van der Waals surface area (Å²) >= 11 is 1.44. The van der Waals surface area contributed by atoms with Crippen LogP contribution in [0, 0.1) is 0 Å². The first-order chi connectivity index (χ1) is 8.60. The summed E-state index contributed by atoms with van der Waals surface area (Å²) in [5.41, 5.74) is 2.50. The molecule has 0 aliphatic carbocycles. The zero-order chi connectivity index (χ0) is 13.5. The van der Waals surface area contributed by atoms with Gasteiger partial charge in [-0.2, -0.15) is 0 Å². The molecule has 0 aromatic carbocycles. The van der Waals surface area contributed by atoms with Crippen LogP contribution in [0.4, 0.5) is 11.6 Å². The SMILES string of the molecule is CNC(=O)CCN(C)c1cc(NN)nc(SC)n1. The van der Waals surface area contributed by atoms with E-state index in [2.05, 4.69) is 20.7 Å². The van der Waals surface area contributed by atoms with Crippen LogP contribution in [-0.2, 0) is 4.79 Å². The molecule has 4 N–H and O–H groups in total. The Hall–Kier alpha value is -1.54. The highest BCUT2D eigenvalue weighted by Gasteiger charge is 2.09. The number of hydrazine groups is 1.